The average molecular weight is 279 g/mol. The topological polar surface area (TPSA) is 73.6 Å². The Morgan fingerprint density at radius 1 is 1.05 bits per heavy atom. The van der Waals surface area contributed by atoms with E-state index in [0.717, 1.165) is 29.8 Å². The molecule has 2 aromatic rings. The number of aliphatic imine (C=N–C) groups is 1. The normalized spacial score (nSPS) is 23.0. The van der Waals surface area contributed by atoms with Crippen LogP contribution >= 0.6 is 0 Å². The van der Waals surface area contributed by atoms with Crippen LogP contribution in [0, 0.1) is 0 Å². The summed E-state index contributed by atoms with van der Waals surface area (Å²) in [7, 11) is 0. The highest BCUT2D eigenvalue weighted by atomic mass is 16.5. The Bertz CT molecular complexity index is 739. The summed E-state index contributed by atoms with van der Waals surface area (Å²) < 4.78 is 5.88. The largest absolute Gasteiger partial charge is 0.456 e. The molecule has 1 heterocycles. The number of ether oxygens (including phenoxy) is 1. The molecular formula is C17H17N3O. The summed E-state index contributed by atoms with van der Waals surface area (Å²) in [5, 5.41) is 0. The van der Waals surface area contributed by atoms with E-state index in [1.165, 1.54) is 11.1 Å². The van der Waals surface area contributed by atoms with Crippen molar-refractivity contribution in [3.63, 3.8) is 0 Å². The van der Waals surface area contributed by atoms with Gasteiger partial charge in [0.15, 0.2) is 0 Å². The van der Waals surface area contributed by atoms with Gasteiger partial charge in [0.25, 0.3) is 6.02 Å². The first-order chi connectivity index (χ1) is 10.2. The fourth-order valence-electron chi connectivity index (χ4n) is 3.44. The van der Waals surface area contributed by atoms with E-state index in [1.807, 2.05) is 18.2 Å². The summed E-state index contributed by atoms with van der Waals surface area (Å²) in [5.41, 5.74) is 17.2. The van der Waals surface area contributed by atoms with Gasteiger partial charge < -0.3 is 16.2 Å². The van der Waals surface area contributed by atoms with E-state index < -0.39 is 0 Å². The summed E-state index contributed by atoms with van der Waals surface area (Å²) in [5.74, 6) is 0.302. The minimum Gasteiger partial charge on any atom is -0.456 e. The molecule has 1 unspecified atom stereocenters. The zero-order valence-electron chi connectivity index (χ0n) is 11.6. The second-order valence-corrected chi connectivity index (χ2v) is 5.65. The quantitative estimate of drug-likeness (QED) is 0.788. The fourth-order valence-corrected chi connectivity index (χ4v) is 3.44. The molecule has 0 amide bonds. The van der Waals surface area contributed by atoms with Crippen molar-refractivity contribution in [2.75, 3.05) is 5.73 Å². The van der Waals surface area contributed by atoms with Crippen LogP contribution in [-0.4, -0.2) is 6.02 Å². The number of nitrogens with two attached hydrogens (primary N) is 2. The molecule has 4 nitrogen and oxygen atoms in total. The van der Waals surface area contributed by atoms with Gasteiger partial charge >= 0.3 is 0 Å². The Hall–Kier alpha value is -2.49. The molecule has 0 saturated carbocycles. The summed E-state index contributed by atoms with van der Waals surface area (Å²) in [4.78, 5) is 4.28. The highest BCUT2D eigenvalue weighted by Gasteiger charge is 2.35. The maximum absolute atomic E-state index is 5.94. The maximum atomic E-state index is 5.94. The summed E-state index contributed by atoms with van der Waals surface area (Å²) in [6.07, 6.45) is 2.03. The molecule has 2 aromatic carbocycles. The van der Waals surface area contributed by atoms with Crippen LogP contribution in [0.1, 0.15) is 35.1 Å². The molecule has 0 saturated heterocycles. The number of anilines is 1. The summed E-state index contributed by atoms with van der Waals surface area (Å²) >= 11 is 0. The molecule has 1 aliphatic heterocycles. The predicted molar refractivity (Wildman–Crippen MR) is 83.5 cm³/mol. The molecule has 4 heteroatoms. The van der Waals surface area contributed by atoms with E-state index in [-0.39, 0.29) is 12.1 Å². The van der Waals surface area contributed by atoms with Crippen molar-refractivity contribution in [3.05, 3.63) is 59.2 Å². The van der Waals surface area contributed by atoms with Crippen molar-refractivity contribution in [2.24, 2.45) is 10.7 Å². The molecule has 0 spiro atoms. The van der Waals surface area contributed by atoms with Gasteiger partial charge in [-0.1, -0.05) is 24.3 Å². The van der Waals surface area contributed by atoms with Crippen LogP contribution in [0.15, 0.2) is 47.5 Å². The number of benzene rings is 2. The van der Waals surface area contributed by atoms with E-state index in [1.54, 1.807) is 0 Å². The van der Waals surface area contributed by atoms with Gasteiger partial charge in [-0.15, -0.1) is 0 Å². The van der Waals surface area contributed by atoms with E-state index >= 15 is 0 Å². The maximum Gasteiger partial charge on any atom is 0.287 e. The minimum absolute atomic E-state index is 0.107. The summed E-state index contributed by atoms with van der Waals surface area (Å²) in [6.45, 7) is 0. The van der Waals surface area contributed by atoms with Crippen LogP contribution in [0.5, 0.6) is 0 Å². The van der Waals surface area contributed by atoms with Crippen molar-refractivity contribution >= 4 is 17.4 Å². The van der Waals surface area contributed by atoms with Crippen molar-refractivity contribution in [1.82, 2.24) is 0 Å². The van der Waals surface area contributed by atoms with Gasteiger partial charge in [-0.3, -0.25) is 0 Å². The SMILES string of the molecule is NC1=Nc2ccc(N)cc2[C@@H](C2CCc3ccccc32)O1. The average Bonchev–Trinajstić information content (AvgIpc) is 2.91. The van der Waals surface area contributed by atoms with E-state index in [2.05, 4.69) is 29.3 Å². The standard InChI is InChI=1S/C17H17N3O/c18-11-6-8-15-14(9-11)16(21-17(19)20-15)13-7-5-10-3-1-2-4-12(10)13/h1-4,6,8-9,13,16H,5,7,18H2,(H2,19,20)/t13?,16-/m1/s1. The zero-order chi connectivity index (χ0) is 14.4. The monoisotopic (exact) mass is 279 g/mol. The third kappa shape index (κ3) is 1.95. The van der Waals surface area contributed by atoms with E-state index in [4.69, 9.17) is 16.2 Å². The Morgan fingerprint density at radius 3 is 2.81 bits per heavy atom. The van der Waals surface area contributed by atoms with E-state index in [0.29, 0.717) is 5.92 Å². The molecule has 21 heavy (non-hydrogen) atoms. The molecule has 0 bridgehead atoms. The molecule has 0 aromatic heterocycles. The number of rotatable bonds is 1. The molecule has 4 rings (SSSR count). The second-order valence-electron chi connectivity index (χ2n) is 5.65. The number of hydrogen-bond donors (Lipinski definition) is 2. The third-order valence-corrected chi connectivity index (χ3v) is 4.38. The van der Waals surface area contributed by atoms with Crippen molar-refractivity contribution in [2.45, 2.75) is 24.9 Å². The van der Waals surface area contributed by atoms with Crippen LogP contribution in [0.25, 0.3) is 0 Å². The Balaban J connectivity index is 1.81. The van der Waals surface area contributed by atoms with Crippen molar-refractivity contribution in [3.8, 4) is 0 Å². The molecule has 2 aliphatic rings. The predicted octanol–water partition coefficient (Wildman–Crippen LogP) is 3.02. The fraction of sp³-hybridized carbons (Fsp3) is 0.235. The number of fused-ring (bicyclic) bond motifs is 2. The lowest BCUT2D eigenvalue weighted by Crippen LogP contribution is -2.26. The number of amidine groups is 1. The van der Waals surface area contributed by atoms with Gasteiger partial charge in [-0.05, 0) is 42.2 Å². The molecule has 2 atom stereocenters. The molecule has 0 fully saturated rings. The lowest BCUT2D eigenvalue weighted by molar-refractivity contribution is 0.151. The number of hydrogen-bond acceptors (Lipinski definition) is 4. The van der Waals surface area contributed by atoms with E-state index in [9.17, 15) is 0 Å². The van der Waals surface area contributed by atoms with Crippen LogP contribution in [0.3, 0.4) is 0 Å². The highest BCUT2D eigenvalue weighted by Crippen LogP contribution is 2.47. The summed E-state index contributed by atoms with van der Waals surface area (Å²) in [6, 6.07) is 14.5. The second kappa shape index (κ2) is 4.52. The van der Waals surface area contributed by atoms with Crippen LogP contribution in [0.4, 0.5) is 11.4 Å². The molecular weight excluding hydrogens is 262 g/mol. The lowest BCUT2D eigenvalue weighted by atomic mass is 9.89. The zero-order valence-corrected chi connectivity index (χ0v) is 11.6. The van der Waals surface area contributed by atoms with Crippen molar-refractivity contribution < 1.29 is 4.74 Å². The first-order valence-corrected chi connectivity index (χ1v) is 7.20. The molecule has 0 radical (unpaired) electrons. The third-order valence-electron chi connectivity index (χ3n) is 4.38. The van der Waals surface area contributed by atoms with Crippen LogP contribution in [0.2, 0.25) is 0 Å². The number of nitrogens with zero attached hydrogens (tertiary/aromatic N) is 1. The Labute approximate surface area is 123 Å². The molecule has 106 valence electrons. The van der Waals surface area contributed by atoms with Gasteiger partial charge in [-0.2, -0.15) is 4.99 Å². The first kappa shape index (κ1) is 12.3. The Kier molecular flexibility index (Phi) is 2.64. The first-order valence-electron chi connectivity index (χ1n) is 7.20. The van der Waals surface area contributed by atoms with Gasteiger partial charge in [0.2, 0.25) is 0 Å². The minimum atomic E-state index is -0.107. The lowest BCUT2D eigenvalue weighted by Gasteiger charge is -2.29. The van der Waals surface area contributed by atoms with Gasteiger partial charge in [0, 0.05) is 17.2 Å². The number of nitrogen functional groups attached to an aromatic ring is 1. The van der Waals surface area contributed by atoms with Crippen LogP contribution < -0.4 is 11.5 Å². The van der Waals surface area contributed by atoms with Gasteiger partial charge in [0.1, 0.15) is 6.10 Å². The number of aryl methyl sites for hydroxylation is 1. The Morgan fingerprint density at radius 2 is 1.90 bits per heavy atom. The van der Waals surface area contributed by atoms with Crippen LogP contribution in [-0.2, 0) is 11.2 Å². The molecule has 1 aliphatic carbocycles. The highest BCUT2D eigenvalue weighted by molar-refractivity contribution is 5.79. The smallest absolute Gasteiger partial charge is 0.287 e. The molecule has 4 N–H and O–H groups in total. The van der Waals surface area contributed by atoms with Gasteiger partial charge in [0.05, 0.1) is 5.69 Å². The van der Waals surface area contributed by atoms with Gasteiger partial charge in [-0.25, -0.2) is 0 Å². The van der Waals surface area contributed by atoms with Crippen molar-refractivity contribution in [1.29, 1.82) is 0 Å².